The second kappa shape index (κ2) is 4.81. The van der Waals surface area contributed by atoms with Crippen LogP contribution in [0.5, 0.6) is 0 Å². The van der Waals surface area contributed by atoms with Crippen molar-refractivity contribution in [1.29, 1.82) is 0 Å². The molecule has 0 radical (unpaired) electrons. The highest BCUT2D eigenvalue weighted by Crippen LogP contribution is 2.69. The molecule has 4 rings (SSSR count). The van der Waals surface area contributed by atoms with E-state index in [9.17, 15) is 10.2 Å². The van der Waals surface area contributed by atoms with E-state index in [-0.39, 0.29) is 10.8 Å². The van der Waals surface area contributed by atoms with E-state index in [1.54, 1.807) is 0 Å². The zero-order valence-electron chi connectivity index (χ0n) is 15.0. The van der Waals surface area contributed by atoms with E-state index in [0.29, 0.717) is 23.7 Å². The molecule has 130 valence electrons. The van der Waals surface area contributed by atoms with Gasteiger partial charge < -0.3 is 10.2 Å². The van der Waals surface area contributed by atoms with Gasteiger partial charge in [0.25, 0.3) is 0 Å². The van der Waals surface area contributed by atoms with Gasteiger partial charge in [0.2, 0.25) is 0 Å². The topological polar surface area (TPSA) is 40.5 Å². The first kappa shape index (κ1) is 16.5. The molecule has 0 aliphatic heterocycles. The monoisotopic (exact) mass is 326 g/mol. The highest BCUT2D eigenvalue weighted by atomic mass is 16.3. The molecule has 0 aromatic carbocycles. The van der Waals surface area contributed by atoms with E-state index in [0.717, 1.165) is 38.5 Å². The van der Waals surface area contributed by atoms with Crippen LogP contribution in [-0.2, 0) is 0 Å². The third kappa shape index (κ3) is 2.06. The Hall–Kier alpha value is -0.960. The lowest BCUT2D eigenvalue weighted by atomic mass is 9.48. The average Bonchev–Trinajstić information content (AvgIpc) is 2.97. The summed E-state index contributed by atoms with van der Waals surface area (Å²) in [5.74, 6) is 7.64. The summed E-state index contributed by atoms with van der Waals surface area (Å²) in [6.45, 7) is 4.71. The predicted molar refractivity (Wildman–Crippen MR) is 94.7 cm³/mol. The lowest BCUT2D eigenvalue weighted by Crippen LogP contribution is -2.49. The van der Waals surface area contributed by atoms with E-state index < -0.39 is 11.2 Å². The molecule has 0 aromatic rings. The van der Waals surface area contributed by atoms with Crippen molar-refractivity contribution < 1.29 is 10.2 Å². The summed E-state index contributed by atoms with van der Waals surface area (Å²) in [4.78, 5) is 0. The first-order chi connectivity index (χ1) is 11.2. The Balaban J connectivity index is 1.66. The van der Waals surface area contributed by atoms with Crippen molar-refractivity contribution in [2.45, 2.75) is 76.4 Å². The van der Waals surface area contributed by atoms with Gasteiger partial charge in [-0.05, 0) is 85.9 Å². The van der Waals surface area contributed by atoms with Gasteiger partial charge in [0.1, 0.15) is 11.2 Å². The Labute approximate surface area is 146 Å². The molecule has 2 N–H and O–H groups in total. The summed E-state index contributed by atoms with van der Waals surface area (Å²) in [7, 11) is 0. The fourth-order valence-corrected chi connectivity index (χ4v) is 7.59. The predicted octanol–water partition coefficient (Wildman–Crippen LogP) is 3.37. The van der Waals surface area contributed by atoms with Crippen LogP contribution in [0.1, 0.15) is 65.2 Å². The Bertz CT molecular complexity index is 641. The Kier molecular flexibility index (Phi) is 3.31. The summed E-state index contributed by atoms with van der Waals surface area (Å²) >= 11 is 0. The van der Waals surface area contributed by atoms with Crippen LogP contribution < -0.4 is 0 Å². The Morgan fingerprint density at radius 3 is 2.21 bits per heavy atom. The van der Waals surface area contributed by atoms with Gasteiger partial charge >= 0.3 is 0 Å². The molecule has 0 saturated heterocycles. The largest absolute Gasteiger partial charge is 0.378 e. The molecule has 8 atom stereocenters. The molecular weight excluding hydrogens is 296 g/mol. The van der Waals surface area contributed by atoms with E-state index >= 15 is 0 Å². The lowest BCUT2D eigenvalue weighted by Gasteiger charge is -2.56. The molecule has 0 spiro atoms. The van der Waals surface area contributed by atoms with Gasteiger partial charge in [-0.25, -0.2) is 0 Å². The number of fused-ring (bicyclic) bond motifs is 5. The third-order valence-corrected chi connectivity index (χ3v) is 8.63. The van der Waals surface area contributed by atoms with Crippen molar-refractivity contribution in [1.82, 2.24) is 0 Å². The lowest BCUT2D eigenvalue weighted by molar-refractivity contribution is -0.0767. The fourth-order valence-electron chi connectivity index (χ4n) is 7.59. The van der Waals surface area contributed by atoms with Gasteiger partial charge in [0.05, 0.1) is 0 Å². The van der Waals surface area contributed by atoms with Crippen molar-refractivity contribution in [3.05, 3.63) is 0 Å². The maximum absolute atomic E-state index is 10.8. The van der Waals surface area contributed by atoms with Crippen LogP contribution in [0.2, 0.25) is 0 Å². The molecule has 4 saturated carbocycles. The molecule has 0 amide bonds. The summed E-state index contributed by atoms with van der Waals surface area (Å²) in [6.07, 6.45) is 19.0. The second-order valence-electron chi connectivity index (χ2n) is 9.96. The van der Waals surface area contributed by atoms with Crippen molar-refractivity contribution in [2.75, 3.05) is 0 Å². The zero-order chi connectivity index (χ0) is 17.4. The van der Waals surface area contributed by atoms with Crippen molar-refractivity contribution in [2.24, 2.45) is 34.5 Å². The van der Waals surface area contributed by atoms with Crippen LogP contribution in [-0.4, -0.2) is 21.4 Å². The first-order valence-electron chi connectivity index (χ1n) is 9.57. The molecule has 2 heteroatoms. The number of terminal acetylenes is 2. The maximum atomic E-state index is 10.8. The summed E-state index contributed by atoms with van der Waals surface area (Å²) in [6, 6.07) is 0. The maximum Gasteiger partial charge on any atom is 0.126 e. The Morgan fingerprint density at radius 1 is 0.875 bits per heavy atom. The van der Waals surface area contributed by atoms with Crippen LogP contribution in [0.15, 0.2) is 0 Å². The van der Waals surface area contributed by atoms with Gasteiger partial charge in [-0.3, -0.25) is 0 Å². The van der Waals surface area contributed by atoms with E-state index in [4.69, 9.17) is 12.8 Å². The average molecular weight is 326 g/mol. The van der Waals surface area contributed by atoms with Crippen LogP contribution in [0.3, 0.4) is 0 Å². The SMILES string of the molecule is C#C[C@@]1(O)CC2CCC3C4C[C@@](O)(C#C)CC4(C)CCC3C2(C)C1. The molecule has 2 nitrogen and oxygen atoms in total. The normalized spacial score (nSPS) is 58.9. The molecule has 4 aliphatic rings. The number of aliphatic hydroxyl groups is 2. The highest BCUT2D eigenvalue weighted by Gasteiger charge is 2.64. The third-order valence-electron chi connectivity index (χ3n) is 8.63. The Morgan fingerprint density at radius 2 is 1.54 bits per heavy atom. The number of rotatable bonds is 0. The van der Waals surface area contributed by atoms with Crippen molar-refractivity contribution in [3.63, 3.8) is 0 Å². The van der Waals surface area contributed by atoms with Crippen molar-refractivity contribution >= 4 is 0 Å². The minimum atomic E-state index is -0.915. The van der Waals surface area contributed by atoms with Crippen LogP contribution in [0.25, 0.3) is 0 Å². The zero-order valence-corrected chi connectivity index (χ0v) is 15.0. The van der Waals surface area contributed by atoms with Crippen molar-refractivity contribution in [3.8, 4) is 24.7 Å². The second-order valence-corrected chi connectivity index (χ2v) is 9.96. The number of hydrogen-bond donors (Lipinski definition) is 2. The van der Waals surface area contributed by atoms with Gasteiger partial charge in [0, 0.05) is 0 Å². The molecule has 0 bridgehead atoms. The van der Waals surface area contributed by atoms with Gasteiger partial charge in [0.15, 0.2) is 0 Å². The summed E-state index contributed by atoms with van der Waals surface area (Å²) < 4.78 is 0. The molecule has 0 aromatic heterocycles. The molecular formula is C22H30O2. The number of hydrogen-bond acceptors (Lipinski definition) is 2. The van der Waals surface area contributed by atoms with Crippen LogP contribution >= 0.6 is 0 Å². The van der Waals surface area contributed by atoms with Crippen LogP contribution in [0, 0.1) is 59.2 Å². The highest BCUT2D eigenvalue weighted by molar-refractivity contribution is 5.22. The van der Waals surface area contributed by atoms with E-state index in [1.807, 2.05) is 0 Å². The first-order valence-corrected chi connectivity index (χ1v) is 9.57. The summed E-state index contributed by atoms with van der Waals surface area (Å²) in [5, 5.41) is 21.5. The standard InChI is InChI=1S/C22H30O2/c1-5-21(23)11-15-7-8-16-17(20(15,4)14-21)9-10-19(3)13-22(24,6-2)12-18(16)19/h1-2,15-18,23-24H,7-14H2,3-4H3/t15?,16?,17?,18?,19?,20?,21-,22+/m1/s1. The van der Waals surface area contributed by atoms with E-state index in [1.165, 1.54) is 12.8 Å². The quantitative estimate of drug-likeness (QED) is 0.670. The van der Waals surface area contributed by atoms with Gasteiger partial charge in [-0.1, -0.05) is 25.7 Å². The van der Waals surface area contributed by atoms with Gasteiger partial charge in [-0.15, -0.1) is 12.8 Å². The minimum Gasteiger partial charge on any atom is -0.378 e. The summed E-state index contributed by atoms with van der Waals surface area (Å²) in [5.41, 5.74) is -1.51. The molecule has 0 heterocycles. The molecule has 6 unspecified atom stereocenters. The van der Waals surface area contributed by atoms with E-state index in [2.05, 4.69) is 25.7 Å². The fraction of sp³-hybridized carbons (Fsp3) is 0.818. The molecule has 4 fully saturated rings. The van der Waals surface area contributed by atoms with Gasteiger partial charge in [-0.2, -0.15) is 0 Å². The van der Waals surface area contributed by atoms with Crippen LogP contribution in [0.4, 0.5) is 0 Å². The molecule has 24 heavy (non-hydrogen) atoms. The minimum absolute atomic E-state index is 0.141. The smallest absolute Gasteiger partial charge is 0.126 e. The molecule has 4 aliphatic carbocycles.